The van der Waals surface area contributed by atoms with Crippen LogP contribution < -0.4 is 20.1 Å². The van der Waals surface area contributed by atoms with Gasteiger partial charge in [-0.25, -0.2) is 13.1 Å². The van der Waals surface area contributed by atoms with Crippen LogP contribution in [0.2, 0.25) is 5.02 Å². The summed E-state index contributed by atoms with van der Waals surface area (Å²) in [4.78, 5) is 3.97. The van der Waals surface area contributed by atoms with Gasteiger partial charge in [0.15, 0.2) is 5.96 Å². The third kappa shape index (κ3) is 8.32. The quantitative estimate of drug-likeness (QED) is 0.333. The largest absolute Gasteiger partial charge is 0.434 e. The molecule has 0 radical (unpaired) electrons. The molecule has 0 bridgehead atoms. The highest BCUT2D eigenvalue weighted by molar-refractivity contribution is 7.89. The molecule has 0 aromatic heterocycles. The van der Waals surface area contributed by atoms with Crippen LogP contribution in [-0.4, -0.2) is 46.9 Å². The topological polar surface area (TPSA) is 91.8 Å². The first-order chi connectivity index (χ1) is 11.8. The van der Waals surface area contributed by atoms with E-state index in [-0.39, 0.29) is 24.6 Å². The average molecular weight is 399 g/mol. The van der Waals surface area contributed by atoms with Gasteiger partial charge in [-0.1, -0.05) is 11.6 Å². The summed E-state index contributed by atoms with van der Waals surface area (Å²) in [5, 5.41) is 6.20. The van der Waals surface area contributed by atoms with Crippen LogP contribution in [0.3, 0.4) is 0 Å². The molecule has 0 saturated carbocycles. The highest BCUT2D eigenvalue weighted by atomic mass is 35.5. The number of nitrogens with one attached hydrogen (secondary N) is 3. The van der Waals surface area contributed by atoms with E-state index in [4.69, 9.17) is 11.6 Å². The Morgan fingerprint density at radius 1 is 1.32 bits per heavy atom. The summed E-state index contributed by atoms with van der Waals surface area (Å²) in [6.45, 7) is -0.768. The third-order valence-electron chi connectivity index (χ3n) is 3.03. The van der Waals surface area contributed by atoms with Crippen molar-refractivity contribution in [3.8, 4) is 5.75 Å². The second kappa shape index (κ2) is 10.4. The van der Waals surface area contributed by atoms with E-state index in [0.29, 0.717) is 23.1 Å². The SMILES string of the molecule is CCS(=O)(=O)NCCNC(=NC)NCc1cc(Cl)ccc1OC(F)F. The van der Waals surface area contributed by atoms with E-state index in [2.05, 4.69) is 25.1 Å². The number of sulfonamides is 1. The van der Waals surface area contributed by atoms with E-state index in [1.54, 1.807) is 6.92 Å². The Hall–Kier alpha value is -1.65. The summed E-state index contributed by atoms with van der Waals surface area (Å²) >= 11 is 5.88. The van der Waals surface area contributed by atoms with Gasteiger partial charge in [-0.15, -0.1) is 0 Å². The van der Waals surface area contributed by atoms with Crippen LogP contribution in [-0.2, 0) is 16.6 Å². The molecular formula is C14H21ClF2N4O3S. The number of aliphatic imine (C=N–C) groups is 1. The van der Waals surface area contributed by atoms with Crippen LogP contribution in [0.1, 0.15) is 12.5 Å². The smallest absolute Gasteiger partial charge is 0.387 e. The molecule has 7 nitrogen and oxygen atoms in total. The number of halogens is 3. The minimum atomic E-state index is -3.25. The molecule has 0 aliphatic carbocycles. The van der Waals surface area contributed by atoms with E-state index in [0.717, 1.165) is 0 Å². The zero-order valence-electron chi connectivity index (χ0n) is 13.9. The number of nitrogens with zero attached hydrogens (tertiary/aromatic N) is 1. The van der Waals surface area contributed by atoms with Crippen LogP contribution in [0.4, 0.5) is 8.78 Å². The monoisotopic (exact) mass is 398 g/mol. The van der Waals surface area contributed by atoms with Crippen molar-refractivity contribution in [2.24, 2.45) is 4.99 Å². The molecule has 142 valence electrons. The maximum Gasteiger partial charge on any atom is 0.387 e. The molecule has 0 aliphatic rings. The summed E-state index contributed by atoms with van der Waals surface area (Å²) in [5.41, 5.74) is 0.433. The molecule has 0 saturated heterocycles. The van der Waals surface area contributed by atoms with E-state index in [1.165, 1.54) is 25.2 Å². The fraction of sp³-hybridized carbons (Fsp3) is 0.500. The predicted molar refractivity (Wildman–Crippen MR) is 93.7 cm³/mol. The maximum atomic E-state index is 12.4. The van der Waals surface area contributed by atoms with Gasteiger partial charge in [-0.3, -0.25) is 4.99 Å². The number of guanidine groups is 1. The minimum absolute atomic E-state index is 0.00164. The van der Waals surface area contributed by atoms with Crippen molar-refractivity contribution in [1.82, 2.24) is 15.4 Å². The van der Waals surface area contributed by atoms with Gasteiger partial charge in [-0.2, -0.15) is 8.78 Å². The molecule has 11 heteroatoms. The van der Waals surface area contributed by atoms with Gasteiger partial charge in [0.2, 0.25) is 10.0 Å². The predicted octanol–water partition coefficient (Wildman–Crippen LogP) is 1.55. The molecule has 1 aromatic carbocycles. The molecule has 0 heterocycles. The lowest BCUT2D eigenvalue weighted by Gasteiger charge is -2.15. The molecule has 1 rings (SSSR count). The van der Waals surface area contributed by atoms with Crippen molar-refractivity contribution in [2.75, 3.05) is 25.9 Å². The van der Waals surface area contributed by atoms with E-state index in [1.807, 2.05) is 0 Å². The van der Waals surface area contributed by atoms with Gasteiger partial charge in [0, 0.05) is 37.3 Å². The summed E-state index contributed by atoms with van der Waals surface area (Å²) in [6, 6.07) is 4.33. The van der Waals surface area contributed by atoms with Crippen molar-refractivity contribution in [1.29, 1.82) is 0 Å². The van der Waals surface area contributed by atoms with Gasteiger partial charge in [0.25, 0.3) is 0 Å². The first-order valence-electron chi connectivity index (χ1n) is 7.42. The summed E-state index contributed by atoms with van der Waals surface area (Å²) in [6.07, 6.45) is 0. The van der Waals surface area contributed by atoms with Crippen molar-refractivity contribution < 1.29 is 21.9 Å². The van der Waals surface area contributed by atoms with Gasteiger partial charge < -0.3 is 15.4 Å². The van der Waals surface area contributed by atoms with Crippen LogP contribution >= 0.6 is 11.6 Å². The normalized spacial score (nSPS) is 12.3. The van der Waals surface area contributed by atoms with E-state index in [9.17, 15) is 17.2 Å². The van der Waals surface area contributed by atoms with Crippen molar-refractivity contribution >= 4 is 27.6 Å². The standard InChI is InChI=1S/C14H21ClF2N4O3S/c1-3-25(22,23)21-7-6-19-14(18-2)20-9-10-8-11(15)4-5-12(10)24-13(16)17/h4-5,8,13,21H,3,6-7,9H2,1-2H3,(H2,18,19,20). The number of hydrogen-bond acceptors (Lipinski definition) is 4. The Morgan fingerprint density at radius 3 is 2.64 bits per heavy atom. The lowest BCUT2D eigenvalue weighted by atomic mass is 10.2. The Kier molecular flexibility index (Phi) is 8.87. The first-order valence-corrected chi connectivity index (χ1v) is 9.45. The molecule has 1 aromatic rings. The number of hydrogen-bond donors (Lipinski definition) is 3. The molecule has 0 unspecified atom stereocenters. The number of benzene rings is 1. The second-order valence-corrected chi connectivity index (χ2v) is 7.31. The molecule has 0 spiro atoms. The Balaban J connectivity index is 2.56. The number of alkyl halides is 2. The van der Waals surface area contributed by atoms with E-state index < -0.39 is 16.6 Å². The van der Waals surface area contributed by atoms with Crippen LogP contribution in [0.5, 0.6) is 5.75 Å². The molecule has 0 fully saturated rings. The average Bonchev–Trinajstić information content (AvgIpc) is 2.56. The molecule has 0 aliphatic heterocycles. The minimum Gasteiger partial charge on any atom is -0.434 e. The maximum absolute atomic E-state index is 12.4. The van der Waals surface area contributed by atoms with Crippen molar-refractivity contribution in [3.63, 3.8) is 0 Å². The zero-order chi connectivity index (χ0) is 18.9. The summed E-state index contributed by atoms with van der Waals surface area (Å²) in [7, 11) is -1.73. The third-order valence-corrected chi connectivity index (χ3v) is 4.67. The molecule has 0 amide bonds. The fourth-order valence-corrected chi connectivity index (χ4v) is 2.60. The molecule has 25 heavy (non-hydrogen) atoms. The van der Waals surface area contributed by atoms with Gasteiger partial charge in [0.05, 0.1) is 5.75 Å². The first kappa shape index (κ1) is 21.4. The van der Waals surface area contributed by atoms with E-state index >= 15 is 0 Å². The number of rotatable bonds is 9. The van der Waals surface area contributed by atoms with Gasteiger partial charge in [-0.05, 0) is 25.1 Å². The van der Waals surface area contributed by atoms with Crippen LogP contribution in [0.25, 0.3) is 0 Å². The Morgan fingerprint density at radius 2 is 2.04 bits per heavy atom. The van der Waals surface area contributed by atoms with Crippen LogP contribution in [0.15, 0.2) is 23.2 Å². The lowest BCUT2D eigenvalue weighted by Crippen LogP contribution is -2.41. The highest BCUT2D eigenvalue weighted by Crippen LogP contribution is 2.24. The lowest BCUT2D eigenvalue weighted by molar-refractivity contribution is -0.0504. The summed E-state index contributed by atoms with van der Waals surface area (Å²) in [5.74, 6) is 0.388. The van der Waals surface area contributed by atoms with Gasteiger partial charge in [0.1, 0.15) is 5.75 Å². The highest BCUT2D eigenvalue weighted by Gasteiger charge is 2.11. The molecular weight excluding hydrogens is 378 g/mol. The van der Waals surface area contributed by atoms with Gasteiger partial charge >= 0.3 is 6.61 Å². The summed E-state index contributed by atoms with van der Waals surface area (Å²) < 4.78 is 54.3. The number of ether oxygens (including phenoxy) is 1. The Labute approximate surface area is 150 Å². The van der Waals surface area contributed by atoms with Crippen molar-refractivity contribution in [2.45, 2.75) is 20.1 Å². The zero-order valence-corrected chi connectivity index (χ0v) is 15.4. The fourth-order valence-electron chi connectivity index (χ4n) is 1.79. The van der Waals surface area contributed by atoms with Crippen molar-refractivity contribution in [3.05, 3.63) is 28.8 Å². The molecule has 0 atom stereocenters. The Bertz CT molecular complexity index is 687. The van der Waals surface area contributed by atoms with Crippen LogP contribution in [0, 0.1) is 0 Å². The second-order valence-electron chi connectivity index (χ2n) is 4.78. The molecule has 3 N–H and O–H groups in total.